The molecule has 3 aromatic rings. The van der Waals surface area contributed by atoms with Crippen molar-refractivity contribution < 1.29 is 29.0 Å². The van der Waals surface area contributed by atoms with Crippen LogP contribution in [0.15, 0.2) is 41.2 Å². The minimum Gasteiger partial charge on any atom is -0.457 e. The lowest BCUT2D eigenvalue weighted by atomic mass is 9.85. The van der Waals surface area contributed by atoms with Gasteiger partial charge in [-0.3, -0.25) is 9.59 Å². The highest BCUT2D eigenvalue weighted by atomic mass is 16.6. The average molecular weight is 564 g/mol. The Balaban J connectivity index is 1.49. The lowest BCUT2D eigenvalue weighted by Gasteiger charge is -2.36. The maximum absolute atomic E-state index is 13.7. The van der Waals surface area contributed by atoms with Crippen LogP contribution in [0.2, 0.25) is 0 Å². The number of nitrogens with zero attached hydrogens (tertiary/aromatic N) is 2. The molecule has 2 aliphatic rings. The highest BCUT2D eigenvalue weighted by Crippen LogP contribution is 2.41. The number of aromatic nitrogens is 2. The predicted octanol–water partition coefficient (Wildman–Crippen LogP) is 0.564. The molecule has 41 heavy (non-hydrogen) atoms. The van der Waals surface area contributed by atoms with Crippen LogP contribution in [0.3, 0.4) is 0 Å². The molecule has 216 valence electrons. The minimum atomic E-state index is -1.97. The highest BCUT2D eigenvalue weighted by Gasteiger charge is 2.51. The number of fused-ring (bicyclic) bond motifs is 5. The number of aliphatic hydroxyl groups excluding tert-OH is 1. The first-order valence-electron chi connectivity index (χ1n) is 13.7. The van der Waals surface area contributed by atoms with Crippen molar-refractivity contribution in [2.24, 2.45) is 11.5 Å². The summed E-state index contributed by atoms with van der Waals surface area (Å²) in [7, 11) is 0. The molecule has 12 nitrogen and oxygen atoms in total. The molecule has 0 bridgehead atoms. The van der Waals surface area contributed by atoms with Crippen LogP contribution in [0.5, 0.6) is 0 Å². The lowest BCUT2D eigenvalue weighted by molar-refractivity contribution is -0.191. The molecule has 5 rings (SSSR count). The SMILES string of the molecule is CC[C@@]1(OC(=O)[C@H](CO)NC(=O)[C@@H](N)CCCCN)C(=O)OCc2c1cc1n(c2=O)Cc2cc3ccccc3nc2-1. The molecule has 0 radical (unpaired) electrons. The first kappa shape index (κ1) is 28.4. The van der Waals surface area contributed by atoms with E-state index in [4.69, 9.17) is 25.9 Å². The predicted molar refractivity (Wildman–Crippen MR) is 148 cm³/mol. The van der Waals surface area contributed by atoms with E-state index in [0.29, 0.717) is 43.7 Å². The van der Waals surface area contributed by atoms with Crippen LogP contribution in [-0.4, -0.2) is 57.7 Å². The number of benzene rings is 1. The number of pyridine rings is 2. The van der Waals surface area contributed by atoms with Gasteiger partial charge in [0.25, 0.3) is 5.56 Å². The number of rotatable bonds is 10. The lowest BCUT2D eigenvalue weighted by Crippen LogP contribution is -2.54. The topological polar surface area (TPSA) is 189 Å². The zero-order valence-corrected chi connectivity index (χ0v) is 22.7. The summed E-state index contributed by atoms with van der Waals surface area (Å²) >= 11 is 0. The fourth-order valence-corrected chi connectivity index (χ4v) is 5.42. The first-order chi connectivity index (χ1) is 19.7. The van der Waals surface area contributed by atoms with Gasteiger partial charge in [-0.1, -0.05) is 31.5 Å². The van der Waals surface area contributed by atoms with Gasteiger partial charge in [-0.05, 0) is 44.0 Å². The smallest absolute Gasteiger partial charge is 0.355 e. The fourth-order valence-electron chi connectivity index (χ4n) is 5.42. The Bertz CT molecular complexity index is 1590. The third kappa shape index (κ3) is 4.98. The van der Waals surface area contributed by atoms with Gasteiger partial charge in [-0.2, -0.15) is 0 Å². The maximum Gasteiger partial charge on any atom is 0.355 e. The number of nitrogens with two attached hydrogens (primary N) is 2. The Morgan fingerprint density at radius 3 is 2.76 bits per heavy atom. The van der Waals surface area contributed by atoms with E-state index in [9.17, 15) is 24.3 Å². The molecule has 6 N–H and O–H groups in total. The molecule has 12 heteroatoms. The summed E-state index contributed by atoms with van der Waals surface area (Å²) in [5.41, 5.74) is 12.1. The molecule has 2 aromatic heterocycles. The number of carbonyl (C=O) groups is 3. The number of ether oxygens (including phenoxy) is 2. The number of nitrogens with one attached hydrogen (secondary N) is 1. The Hall–Kier alpha value is -4.13. The van der Waals surface area contributed by atoms with Gasteiger partial charge in [-0.15, -0.1) is 0 Å². The van der Waals surface area contributed by atoms with Crippen LogP contribution in [0.4, 0.5) is 0 Å². The van der Waals surface area contributed by atoms with Gasteiger partial charge in [-0.25, -0.2) is 14.6 Å². The summed E-state index contributed by atoms with van der Waals surface area (Å²) in [6.07, 6.45) is 1.59. The van der Waals surface area contributed by atoms with E-state index >= 15 is 0 Å². The fraction of sp³-hybridized carbons (Fsp3) is 0.414. The van der Waals surface area contributed by atoms with Crippen molar-refractivity contribution in [2.45, 2.75) is 63.4 Å². The number of para-hydroxylation sites is 1. The summed E-state index contributed by atoms with van der Waals surface area (Å²) in [6.45, 7) is 1.30. The minimum absolute atomic E-state index is 0.0594. The largest absolute Gasteiger partial charge is 0.457 e. The van der Waals surface area contributed by atoms with Crippen molar-refractivity contribution in [2.75, 3.05) is 13.2 Å². The normalized spacial score (nSPS) is 18.6. The van der Waals surface area contributed by atoms with Crippen LogP contribution >= 0.6 is 0 Å². The molecule has 0 saturated heterocycles. The van der Waals surface area contributed by atoms with Crippen molar-refractivity contribution in [1.82, 2.24) is 14.9 Å². The zero-order chi connectivity index (χ0) is 29.3. The first-order valence-corrected chi connectivity index (χ1v) is 13.7. The Morgan fingerprint density at radius 2 is 2.02 bits per heavy atom. The number of hydrogen-bond acceptors (Lipinski definition) is 10. The van der Waals surface area contributed by atoms with E-state index in [2.05, 4.69) is 5.32 Å². The Labute approximate surface area is 235 Å². The number of hydrogen-bond donors (Lipinski definition) is 4. The molecule has 1 aromatic carbocycles. The standard InChI is InChI=1S/C29H33N5O7/c1-2-29(41-27(38)22(14-35)33-25(36)20(31)8-5-6-10-30)19-12-23-24-17(11-16-7-3-4-9-21(16)32-24)13-34(23)26(37)18(19)15-40-28(29)39/h3-4,7,9,11-12,20,22,35H,2,5-6,8,10,13-15,30-31H2,1H3,(H,33,36)/t20-,22-,29-/m0/s1. The van der Waals surface area contributed by atoms with Crippen molar-refractivity contribution in [3.05, 3.63) is 63.4 Å². The molecule has 4 heterocycles. The summed E-state index contributed by atoms with van der Waals surface area (Å²) in [4.78, 5) is 57.6. The van der Waals surface area contributed by atoms with Crippen LogP contribution in [0, 0.1) is 0 Å². The molecule has 1 amide bonds. The van der Waals surface area contributed by atoms with E-state index in [1.54, 1.807) is 17.6 Å². The van der Waals surface area contributed by atoms with E-state index in [0.717, 1.165) is 16.5 Å². The molecule has 0 spiro atoms. The van der Waals surface area contributed by atoms with Crippen molar-refractivity contribution in [3.8, 4) is 11.4 Å². The molecule has 0 unspecified atom stereocenters. The Kier molecular flexibility index (Phi) is 7.89. The third-order valence-electron chi connectivity index (χ3n) is 7.75. The van der Waals surface area contributed by atoms with Crippen molar-refractivity contribution in [1.29, 1.82) is 0 Å². The van der Waals surface area contributed by atoms with Crippen LogP contribution in [0.1, 0.15) is 49.3 Å². The van der Waals surface area contributed by atoms with E-state index in [-0.39, 0.29) is 29.7 Å². The summed E-state index contributed by atoms with van der Waals surface area (Å²) in [5, 5.41) is 13.2. The monoisotopic (exact) mass is 563 g/mol. The number of esters is 2. The summed E-state index contributed by atoms with van der Waals surface area (Å²) < 4.78 is 12.7. The second-order valence-corrected chi connectivity index (χ2v) is 10.3. The van der Waals surface area contributed by atoms with Gasteiger partial charge < -0.3 is 35.9 Å². The average Bonchev–Trinajstić information content (AvgIpc) is 3.33. The number of unbranched alkanes of at least 4 members (excludes halogenated alkanes) is 1. The molecular weight excluding hydrogens is 530 g/mol. The number of amides is 1. The van der Waals surface area contributed by atoms with Crippen LogP contribution in [0.25, 0.3) is 22.3 Å². The number of cyclic esters (lactones) is 1. The van der Waals surface area contributed by atoms with Gasteiger partial charge in [0.2, 0.25) is 11.5 Å². The van der Waals surface area contributed by atoms with E-state index in [1.165, 1.54) is 0 Å². The maximum atomic E-state index is 13.7. The second kappa shape index (κ2) is 11.4. The van der Waals surface area contributed by atoms with Gasteiger partial charge >= 0.3 is 11.9 Å². The van der Waals surface area contributed by atoms with E-state index < -0.39 is 42.1 Å². The van der Waals surface area contributed by atoms with Crippen LogP contribution in [-0.2, 0) is 42.6 Å². The number of carbonyl (C=O) groups excluding carboxylic acids is 3. The molecule has 0 saturated carbocycles. The van der Waals surface area contributed by atoms with Crippen LogP contribution < -0.4 is 22.3 Å². The number of aliphatic hydroxyl groups is 1. The molecule has 3 atom stereocenters. The van der Waals surface area contributed by atoms with E-state index in [1.807, 2.05) is 30.3 Å². The van der Waals surface area contributed by atoms with Gasteiger partial charge in [0.1, 0.15) is 6.61 Å². The van der Waals surface area contributed by atoms with Crippen molar-refractivity contribution >= 4 is 28.7 Å². The Morgan fingerprint density at radius 1 is 1.24 bits per heavy atom. The third-order valence-corrected chi connectivity index (χ3v) is 7.75. The molecular formula is C29H33N5O7. The molecule has 0 aliphatic carbocycles. The zero-order valence-electron chi connectivity index (χ0n) is 22.7. The van der Waals surface area contributed by atoms with Gasteiger partial charge in [0, 0.05) is 16.5 Å². The quantitative estimate of drug-likeness (QED) is 0.157. The second-order valence-electron chi connectivity index (χ2n) is 10.3. The molecule has 2 aliphatic heterocycles. The molecule has 0 fully saturated rings. The highest BCUT2D eigenvalue weighted by molar-refractivity contribution is 5.91. The van der Waals surface area contributed by atoms with Crippen molar-refractivity contribution in [3.63, 3.8) is 0 Å². The van der Waals surface area contributed by atoms with Gasteiger partial charge in [0.05, 0.1) is 41.7 Å². The summed E-state index contributed by atoms with van der Waals surface area (Å²) in [5.74, 6) is -2.57. The van der Waals surface area contributed by atoms with Gasteiger partial charge in [0.15, 0.2) is 6.04 Å². The summed E-state index contributed by atoms with van der Waals surface area (Å²) in [6, 6.07) is 8.82.